The molecule has 3 nitrogen and oxygen atoms in total. The fourth-order valence-corrected chi connectivity index (χ4v) is 0.538. The highest BCUT2D eigenvalue weighted by atomic mass is 16.1. The Hall–Kier alpha value is -0.830. The summed E-state index contributed by atoms with van der Waals surface area (Å²) in [6, 6.07) is 0. The van der Waals surface area contributed by atoms with Crippen LogP contribution in [0.3, 0.4) is 0 Å². The Labute approximate surface area is 61.3 Å². The fourth-order valence-electron chi connectivity index (χ4n) is 0.538. The average Bonchev–Trinajstić information content (AvgIpc) is 1.90. The Morgan fingerprint density at radius 2 is 2.50 bits per heavy atom. The third-order valence-corrected chi connectivity index (χ3v) is 1.25. The molecule has 0 bridgehead atoms. The average molecular weight is 142 g/mol. The van der Waals surface area contributed by atoms with Crippen LogP contribution in [0.1, 0.15) is 6.92 Å². The van der Waals surface area contributed by atoms with Crippen LogP contribution >= 0.6 is 0 Å². The number of hydrogen-bond acceptors (Lipinski definition) is 2. The largest absolute Gasteiger partial charge is 0.356 e. The zero-order valence-corrected chi connectivity index (χ0v) is 6.26. The molecule has 0 aliphatic heterocycles. The van der Waals surface area contributed by atoms with Crippen LogP contribution in [0.4, 0.5) is 0 Å². The minimum Gasteiger partial charge on any atom is -0.356 e. The lowest BCUT2D eigenvalue weighted by molar-refractivity contribution is -0.119. The number of nitrogens with one attached hydrogen (secondary N) is 1. The van der Waals surface area contributed by atoms with Crippen molar-refractivity contribution in [3.8, 4) is 0 Å². The van der Waals surface area contributed by atoms with Gasteiger partial charge >= 0.3 is 0 Å². The maximum atomic E-state index is 10.4. The molecule has 3 heteroatoms. The molecule has 0 unspecified atom stereocenters. The quantitative estimate of drug-likeness (QED) is 0.538. The normalized spacial score (nSPS) is 12.2. The van der Waals surface area contributed by atoms with E-state index in [0.717, 1.165) is 0 Å². The molecular formula is C7H14N2O. The van der Waals surface area contributed by atoms with Crippen molar-refractivity contribution in [2.75, 3.05) is 13.1 Å². The van der Waals surface area contributed by atoms with Gasteiger partial charge in [0.15, 0.2) is 0 Å². The van der Waals surface area contributed by atoms with Gasteiger partial charge in [-0.2, -0.15) is 0 Å². The van der Waals surface area contributed by atoms with Crippen molar-refractivity contribution in [1.82, 2.24) is 5.32 Å². The van der Waals surface area contributed by atoms with Crippen molar-refractivity contribution in [1.29, 1.82) is 0 Å². The third-order valence-electron chi connectivity index (χ3n) is 1.25. The zero-order valence-electron chi connectivity index (χ0n) is 6.26. The SMILES string of the molecule is C=C[C@@H](CN)CNC(C)=O. The molecule has 58 valence electrons. The molecule has 0 aliphatic carbocycles. The van der Waals surface area contributed by atoms with Gasteiger partial charge < -0.3 is 11.1 Å². The summed E-state index contributed by atoms with van der Waals surface area (Å²) in [5.74, 6) is 0.171. The summed E-state index contributed by atoms with van der Waals surface area (Å²) in [5.41, 5.74) is 5.35. The highest BCUT2D eigenvalue weighted by Crippen LogP contribution is 1.90. The Balaban J connectivity index is 3.44. The number of amides is 1. The summed E-state index contributed by atoms with van der Waals surface area (Å²) in [4.78, 5) is 10.4. The van der Waals surface area contributed by atoms with Crippen LogP contribution < -0.4 is 11.1 Å². The molecule has 1 atom stereocenters. The molecule has 0 saturated heterocycles. The predicted molar refractivity (Wildman–Crippen MR) is 41.4 cm³/mol. The van der Waals surface area contributed by atoms with E-state index < -0.39 is 0 Å². The van der Waals surface area contributed by atoms with Gasteiger partial charge in [-0.1, -0.05) is 6.08 Å². The standard InChI is InChI=1S/C7H14N2O/c1-3-7(4-8)5-9-6(2)10/h3,7H,1,4-5,8H2,2H3,(H,9,10)/t7-/m0/s1. The molecule has 0 spiro atoms. The molecule has 10 heavy (non-hydrogen) atoms. The highest BCUT2D eigenvalue weighted by molar-refractivity contribution is 5.72. The zero-order chi connectivity index (χ0) is 7.98. The van der Waals surface area contributed by atoms with Crippen LogP contribution in [-0.4, -0.2) is 19.0 Å². The summed E-state index contributed by atoms with van der Waals surface area (Å²) in [6.07, 6.45) is 1.75. The van der Waals surface area contributed by atoms with Crippen molar-refractivity contribution in [3.05, 3.63) is 12.7 Å². The molecule has 1 amide bonds. The molecule has 0 aromatic carbocycles. The highest BCUT2D eigenvalue weighted by Gasteiger charge is 2.00. The Kier molecular flexibility index (Phi) is 4.58. The molecule has 0 aromatic heterocycles. The van der Waals surface area contributed by atoms with Crippen molar-refractivity contribution in [3.63, 3.8) is 0 Å². The van der Waals surface area contributed by atoms with E-state index >= 15 is 0 Å². The second-order valence-corrected chi connectivity index (χ2v) is 2.17. The van der Waals surface area contributed by atoms with Crippen molar-refractivity contribution >= 4 is 5.91 Å². The van der Waals surface area contributed by atoms with Gasteiger partial charge in [0.05, 0.1) is 0 Å². The molecule has 0 aliphatic rings. The molecular weight excluding hydrogens is 128 g/mol. The number of carbonyl (C=O) groups excluding carboxylic acids is 1. The number of carbonyl (C=O) groups is 1. The van der Waals surface area contributed by atoms with Gasteiger partial charge in [-0.15, -0.1) is 6.58 Å². The van der Waals surface area contributed by atoms with E-state index in [0.29, 0.717) is 13.1 Å². The fraction of sp³-hybridized carbons (Fsp3) is 0.571. The summed E-state index contributed by atoms with van der Waals surface area (Å²) >= 11 is 0. The first kappa shape index (κ1) is 9.17. The lowest BCUT2D eigenvalue weighted by Gasteiger charge is -2.08. The van der Waals surface area contributed by atoms with Crippen molar-refractivity contribution in [2.45, 2.75) is 6.92 Å². The maximum absolute atomic E-state index is 10.4. The topological polar surface area (TPSA) is 55.1 Å². The number of nitrogens with two attached hydrogens (primary N) is 1. The summed E-state index contributed by atoms with van der Waals surface area (Å²) < 4.78 is 0. The minimum atomic E-state index is -0.0275. The molecule has 0 radical (unpaired) electrons. The minimum absolute atomic E-state index is 0.0275. The van der Waals surface area contributed by atoms with E-state index in [-0.39, 0.29) is 11.8 Å². The van der Waals surface area contributed by atoms with Gasteiger partial charge in [0.25, 0.3) is 0 Å². The smallest absolute Gasteiger partial charge is 0.216 e. The van der Waals surface area contributed by atoms with E-state index in [9.17, 15) is 4.79 Å². The van der Waals surface area contributed by atoms with Gasteiger partial charge in [-0.25, -0.2) is 0 Å². The summed E-state index contributed by atoms with van der Waals surface area (Å²) in [6.45, 7) is 6.19. The second kappa shape index (κ2) is 4.99. The predicted octanol–water partition coefficient (Wildman–Crippen LogP) is -0.117. The molecule has 0 aromatic rings. The second-order valence-electron chi connectivity index (χ2n) is 2.17. The first-order valence-electron chi connectivity index (χ1n) is 3.27. The van der Waals surface area contributed by atoms with Gasteiger partial charge in [-0.3, -0.25) is 4.79 Å². The lowest BCUT2D eigenvalue weighted by Crippen LogP contribution is -2.29. The van der Waals surface area contributed by atoms with E-state index in [4.69, 9.17) is 5.73 Å². The number of hydrogen-bond donors (Lipinski definition) is 2. The molecule has 0 saturated carbocycles. The molecule has 3 N–H and O–H groups in total. The van der Waals surface area contributed by atoms with Gasteiger partial charge in [0, 0.05) is 25.9 Å². The van der Waals surface area contributed by atoms with E-state index in [1.807, 2.05) is 0 Å². The summed E-state index contributed by atoms with van der Waals surface area (Å²) in [7, 11) is 0. The van der Waals surface area contributed by atoms with Crippen molar-refractivity contribution in [2.24, 2.45) is 11.7 Å². The third kappa shape index (κ3) is 4.09. The summed E-state index contributed by atoms with van der Waals surface area (Å²) in [5, 5.41) is 2.66. The van der Waals surface area contributed by atoms with Crippen LogP contribution in [0.15, 0.2) is 12.7 Å². The molecule has 0 fully saturated rings. The van der Waals surface area contributed by atoms with Gasteiger partial charge in [0.1, 0.15) is 0 Å². The van der Waals surface area contributed by atoms with E-state index in [1.54, 1.807) is 6.08 Å². The Morgan fingerprint density at radius 1 is 1.90 bits per heavy atom. The lowest BCUT2D eigenvalue weighted by atomic mass is 10.1. The molecule has 0 heterocycles. The van der Waals surface area contributed by atoms with Crippen LogP contribution in [0, 0.1) is 5.92 Å². The number of rotatable bonds is 4. The van der Waals surface area contributed by atoms with E-state index in [2.05, 4.69) is 11.9 Å². The van der Waals surface area contributed by atoms with Gasteiger partial charge in [-0.05, 0) is 0 Å². The van der Waals surface area contributed by atoms with Gasteiger partial charge in [0.2, 0.25) is 5.91 Å². The monoisotopic (exact) mass is 142 g/mol. The van der Waals surface area contributed by atoms with E-state index in [1.165, 1.54) is 6.92 Å². The molecule has 0 rings (SSSR count). The Morgan fingerprint density at radius 3 is 2.80 bits per heavy atom. The van der Waals surface area contributed by atoms with Crippen LogP contribution in [0.5, 0.6) is 0 Å². The first-order chi connectivity index (χ1) is 4.70. The van der Waals surface area contributed by atoms with Crippen LogP contribution in [0.2, 0.25) is 0 Å². The van der Waals surface area contributed by atoms with Crippen LogP contribution in [-0.2, 0) is 4.79 Å². The van der Waals surface area contributed by atoms with Crippen LogP contribution in [0.25, 0.3) is 0 Å². The maximum Gasteiger partial charge on any atom is 0.216 e. The Bertz CT molecular complexity index is 123. The van der Waals surface area contributed by atoms with Crippen molar-refractivity contribution < 1.29 is 4.79 Å². The first-order valence-corrected chi connectivity index (χ1v) is 3.27.